The number of esters is 1. The molecule has 1 aliphatic heterocycles. The summed E-state index contributed by atoms with van der Waals surface area (Å²) in [7, 11) is 3.35. The first-order valence-corrected chi connectivity index (χ1v) is 9.17. The lowest BCUT2D eigenvalue weighted by atomic mass is 10.0. The average molecular weight is 369 g/mol. The van der Waals surface area contributed by atoms with Gasteiger partial charge in [0.25, 0.3) is 0 Å². The van der Waals surface area contributed by atoms with Gasteiger partial charge in [-0.3, -0.25) is 4.68 Å². The summed E-state index contributed by atoms with van der Waals surface area (Å²) >= 11 is 0. The van der Waals surface area contributed by atoms with Crippen molar-refractivity contribution in [3.05, 3.63) is 71.9 Å². The van der Waals surface area contributed by atoms with Crippen molar-refractivity contribution in [1.29, 1.82) is 0 Å². The maximum Gasteiger partial charge on any atom is 0.335 e. The Morgan fingerprint density at radius 1 is 1.07 bits per heavy atom. The van der Waals surface area contributed by atoms with E-state index in [2.05, 4.69) is 34.9 Å². The first-order chi connectivity index (χ1) is 13.7. The summed E-state index contributed by atoms with van der Waals surface area (Å²) in [5, 5.41) is 5.88. The number of aryl methyl sites for hydroxylation is 1. The Hall–Kier alpha value is -3.60. The number of hydrogen-bond acceptors (Lipinski definition) is 3. The predicted molar refractivity (Wildman–Crippen MR) is 110 cm³/mol. The number of para-hydroxylation sites is 1. The molecule has 0 bridgehead atoms. The molecule has 3 heterocycles. The highest BCUT2D eigenvalue weighted by Crippen LogP contribution is 2.40. The quantitative estimate of drug-likeness (QED) is 0.496. The third kappa shape index (κ3) is 2.40. The van der Waals surface area contributed by atoms with Crippen molar-refractivity contribution in [2.75, 3.05) is 7.11 Å². The molecule has 2 aromatic carbocycles. The van der Waals surface area contributed by atoms with Crippen LogP contribution >= 0.6 is 0 Å². The van der Waals surface area contributed by atoms with Crippen LogP contribution in [0.4, 0.5) is 0 Å². The molecule has 138 valence electrons. The lowest BCUT2D eigenvalue weighted by Gasteiger charge is -2.11. The maximum absolute atomic E-state index is 12.4. The normalized spacial score (nSPS) is 12.9. The van der Waals surface area contributed by atoms with Gasteiger partial charge in [-0.2, -0.15) is 5.10 Å². The fourth-order valence-electron chi connectivity index (χ4n) is 4.05. The van der Waals surface area contributed by atoms with Gasteiger partial charge in [-0.1, -0.05) is 48.5 Å². The maximum atomic E-state index is 12.4. The van der Waals surface area contributed by atoms with Crippen LogP contribution in [0, 0.1) is 0 Å². The minimum Gasteiger partial charge on any atom is -0.466 e. The number of carbonyl (C=O) groups excluding carboxylic acids is 1. The molecule has 0 N–H and O–H groups in total. The summed E-state index contributed by atoms with van der Waals surface area (Å²) in [6.07, 6.45) is 1.86. The Morgan fingerprint density at radius 2 is 1.82 bits per heavy atom. The van der Waals surface area contributed by atoms with Crippen LogP contribution in [0.25, 0.3) is 39.5 Å². The molecule has 0 saturated heterocycles. The number of benzene rings is 2. The van der Waals surface area contributed by atoms with Crippen molar-refractivity contribution in [2.45, 2.75) is 6.54 Å². The van der Waals surface area contributed by atoms with Gasteiger partial charge in [-0.05, 0) is 18.2 Å². The molecule has 0 amide bonds. The largest absolute Gasteiger partial charge is 0.466 e. The molecule has 0 spiro atoms. The second-order valence-corrected chi connectivity index (χ2v) is 6.93. The summed E-state index contributed by atoms with van der Waals surface area (Å²) < 4.78 is 9.10. The average Bonchev–Trinajstić information content (AvgIpc) is 3.20. The SMILES string of the molecule is COC(=O)C1=Cc2nn(C)c(-c3ccccc3)c2-c2cc3ccccc3n2C1. The van der Waals surface area contributed by atoms with Gasteiger partial charge in [0.05, 0.1) is 41.9 Å². The number of carbonyl (C=O) groups is 1. The van der Waals surface area contributed by atoms with E-state index in [4.69, 9.17) is 9.84 Å². The Bertz CT molecular complexity index is 1250. The minimum absolute atomic E-state index is 0.330. The van der Waals surface area contributed by atoms with E-state index in [1.54, 1.807) is 0 Å². The van der Waals surface area contributed by atoms with Gasteiger partial charge >= 0.3 is 5.97 Å². The lowest BCUT2D eigenvalue weighted by molar-refractivity contribution is -0.136. The fraction of sp³-hybridized carbons (Fsp3) is 0.130. The number of rotatable bonds is 2. The second-order valence-electron chi connectivity index (χ2n) is 6.93. The zero-order valence-corrected chi connectivity index (χ0v) is 15.7. The molecule has 0 atom stereocenters. The Balaban J connectivity index is 1.88. The molecule has 0 aliphatic carbocycles. The van der Waals surface area contributed by atoms with Crippen LogP contribution in [0.5, 0.6) is 0 Å². The Kier molecular flexibility index (Phi) is 3.69. The van der Waals surface area contributed by atoms with E-state index in [-0.39, 0.29) is 5.97 Å². The summed E-state index contributed by atoms with van der Waals surface area (Å²) in [6.45, 7) is 0.448. The second kappa shape index (κ2) is 6.23. The van der Waals surface area contributed by atoms with Crippen LogP contribution in [-0.4, -0.2) is 27.4 Å². The predicted octanol–water partition coefficient (Wildman–Crippen LogP) is 4.28. The standard InChI is InChI=1S/C23H19N3O2/c1-25-22(15-8-4-3-5-9-15)21-18(24-25)12-17(23(27)28-2)14-26-19-11-7-6-10-16(19)13-20(21)26/h3-13H,14H2,1-2H3. The molecule has 4 aromatic rings. The first-order valence-electron chi connectivity index (χ1n) is 9.17. The van der Waals surface area contributed by atoms with E-state index >= 15 is 0 Å². The zero-order chi connectivity index (χ0) is 19.3. The van der Waals surface area contributed by atoms with Gasteiger partial charge in [0.1, 0.15) is 0 Å². The van der Waals surface area contributed by atoms with Gasteiger partial charge < -0.3 is 9.30 Å². The molecule has 28 heavy (non-hydrogen) atoms. The van der Waals surface area contributed by atoms with Crippen LogP contribution in [0.15, 0.2) is 66.2 Å². The Labute approximate surface area is 162 Å². The molecule has 5 heteroatoms. The third-order valence-electron chi connectivity index (χ3n) is 5.28. The van der Waals surface area contributed by atoms with E-state index < -0.39 is 0 Å². The van der Waals surface area contributed by atoms with Crippen molar-refractivity contribution in [3.63, 3.8) is 0 Å². The Morgan fingerprint density at radius 3 is 2.61 bits per heavy atom. The summed E-state index contributed by atoms with van der Waals surface area (Å²) in [6, 6.07) is 20.6. The molecule has 2 aromatic heterocycles. The van der Waals surface area contributed by atoms with E-state index in [0.29, 0.717) is 12.1 Å². The topological polar surface area (TPSA) is 49.0 Å². The van der Waals surface area contributed by atoms with Crippen molar-refractivity contribution in [2.24, 2.45) is 7.05 Å². The van der Waals surface area contributed by atoms with E-state index in [1.807, 2.05) is 48.1 Å². The van der Waals surface area contributed by atoms with Crippen molar-refractivity contribution in [1.82, 2.24) is 14.3 Å². The molecule has 5 rings (SSSR count). The minimum atomic E-state index is -0.330. The van der Waals surface area contributed by atoms with E-state index in [1.165, 1.54) is 7.11 Å². The smallest absolute Gasteiger partial charge is 0.335 e. The molecular weight excluding hydrogens is 350 g/mol. The van der Waals surface area contributed by atoms with E-state index in [0.717, 1.165) is 39.1 Å². The molecular formula is C23H19N3O2. The zero-order valence-electron chi connectivity index (χ0n) is 15.7. The summed E-state index contributed by atoms with van der Waals surface area (Å²) in [5.41, 5.74) is 6.66. The van der Waals surface area contributed by atoms with Crippen LogP contribution in [-0.2, 0) is 23.1 Å². The summed E-state index contributed by atoms with van der Waals surface area (Å²) in [4.78, 5) is 12.4. The van der Waals surface area contributed by atoms with Gasteiger partial charge in [-0.25, -0.2) is 4.79 Å². The number of methoxy groups -OCH3 is 1. The summed E-state index contributed by atoms with van der Waals surface area (Å²) in [5.74, 6) is -0.330. The van der Waals surface area contributed by atoms with Crippen LogP contribution in [0.2, 0.25) is 0 Å². The highest BCUT2D eigenvalue weighted by atomic mass is 16.5. The van der Waals surface area contributed by atoms with Crippen LogP contribution in [0.1, 0.15) is 5.69 Å². The van der Waals surface area contributed by atoms with Crippen molar-refractivity contribution in [3.8, 4) is 22.5 Å². The van der Waals surface area contributed by atoms with Crippen molar-refractivity contribution >= 4 is 22.9 Å². The lowest BCUT2D eigenvalue weighted by Crippen LogP contribution is -2.11. The molecule has 0 unspecified atom stereocenters. The molecule has 0 radical (unpaired) electrons. The van der Waals surface area contributed by atoms with Crippen LogP contribution < -0.4 is 0 Å². The van der Waals surface area contributed by atoms with Crippen LogP contribution in [0.3, 0.4) is 0 Å². The number of hydrogen-bond donors (Lipinski definition) is 0. The number of ether oxygens (including phenoxy) is 1. The number of aromatic nitrogens is 3. The van der Waals surface area contributed by atoms with Gasteiger partial charge in [0.15, 0.2) is 0 Å². The monoisotopic (exact) mass is 369 g/mol. The van der Waals surface area contributed by atoms with Gasteiger partial charge in [0.2, 0.25) is 0 Å². The number of fused-ring (bicyclic) bond motifs is 5. The first kappa shape index (κ1) is 16.6. The molecule has 0 fully saturated rings. The fourth-order valence-corrected chi connectivity index (χ4v) is 4.05. The highest BCUT2D eigenvalue weighted by Gasteiger charge is 2.27. The van der Waals surface area contributed by atoms with Crippen molar-refractivity contribution < 1.29 is 9.53 Å². The van der Waals surface area contributed by atoms with Gasteiger partial charge in [-0.15, -0.1) is 0 Å². The molecule has 1 aliphatic rings. The van der Waals surface area contributed by atoms with E-state index in [9.17, 15) is 4.79 Å². The van der Waals surface area contributed by atoms with Gasteiger partial charge in [0, 0.05) is 23.5 Å². The third-order valence-corrected chi connectivity index (χ3v) is 5.28. The molecule has 5 nitrogen and oxygen atoms in total. The number of nitrogens with zero attached hydrogens (tertiary/aromatic N) is 3. The molecule has 0 saturated carbocycles. The highest BCUT2D eigenvalue weighted by molar-refractivity contribution is 6.00.